The Hall–Kier alpha value is -3.57. The molecule has 0 saturated heterocycles. The summed E-state index contributed by atoms with van der Waals surface area (Å²) < 4.78 is 35.8. The minimum absolute atomic E-state index is 0.00114. The molecule has 0 saturated carbocycles. The fraction of sp³-hybridized carbons (Fsp3) is 0.278. The maximum absolute atomic E-state index is 14.6. The summed E-state index contributed by atoms with van der Waals surface area (Å²) >= 11 is 15.9. The first-order chi connectivity index (χ1) is 22.9. The molecule has 0 aliphatic carbocycles. The van der Waals surface area contributed by atoms with Crippen LogP contribution in [-0.2, 0) is 32.6 Å². The number of sulfonamides is 1. The minimum atomic E-state index is -4.25. The van der Waals surface area contributed by atoms with Gasteiger partial charge in [0.1, 0.15) is 18.3 Å². The molecule has 0 aliphatic heterocycles. The van der Waals surface area contributed by atoms with Gasteiger partial charge in [0.2, 0.25) is 11.8 Å². The zero-order chi connectivity index (χ0) is 34.8. The Labute approximate surface area is 301 Å². The SMILES string of the molecule is CCOc1ccc(N(CC(=O)N(Cc2ccc(Cl)c(Cl)c2)[C@H](Cc2ccccc2)C(=O)N[C@H](C)CC)S(=O)(=O)c2ccc(Br)cc2)cc1. The highest BCUT2D eigenvalue weighted by Gasteiger charge is 2.35. The fourth-order valence-electron chi connectivity index (χ4n) is 4.97. The second-order valence-electron chi connectivity index (χ2n) is 11.2. The quantitative estimate of drug-likeness (QED) is 0.133. The Morgan fingerprint density at radius 1 is 0.875 bits per heavy atom. The maximum atomic E-state index is 14.6. The van der Waals surface area contributed by atoms with E-state index in [1.807, 2.05) is 51.1 Å². The van der Waals surface area contributed by atoms with E-state index in [1.54, 1.807) is 54.6 Å². The standard InChI is InChI=1S/C36H38BrCl2N3O5S/c1-4-25(3)40-36(44)34(22-26-9-7-6-8-10-26)41(23-27-11-20-32(38)33(39)21-27)35(43)24-42(29-14-16-30(17-15-29)47-5-2)48(45,46)31-18-12-28(37)13-19-31/h6-21,25,34H,4-5,22-24H2,1-3H3,(H,40,44)/t25-,34-/m1/s1. The van der Waals surface area contributed by atoms with Gasteiger partial charge < -0.3 is 15.0 Å². The minimum Gasteiger partial charge on any atom is -0.494 e. The number of hydrogen-bond donors (Lipinski definition) is 1. The zero-order valence-electron chi connectivity index (χ0n) is 26.9. The topological polar surface area (TPSA) is 96.0 Å². The van der Waals surface area contributed by atoms with Gasteiger partial charge in [-0.2, -0.15) is 0 Å². The largest absolute Gasteiger partial charge is 0.494 e. The smallest absolute Gasteiger partial charge is 0.264 e. The van der Waals surface area contributed by atoms with Gasteiger partial charge in [-0.3, -0.25) is 13.9 Å². The third kappa shape index (κ3) is 9.75. The Bertz CT molecular complexity index is 1790. The lowest BCUT2D eigenvalue weighted by molar-refractivity contribution is -0.140. The van der Waals surface area contributed by atoms with Crippen molar-refractivity contribution in [3.8, 4) is 5.75 Å². The van der Waals surface area contributed by atoms with Crippen LogP contribution >= 0.6 is 39.1 Å². The number of rotatable bonds is 15. The molecular weight excluding hydrogens is 737 g/mol. The normalized spacial score (nSPS) is 12.5. The molecule has 4 aromatic carbocycles. The van der Waals surface area contributed by atoms with E-state index < -0.39 is 28.5 Å². The summed E-state index contributed by atoms with van der Waals surface area (Å²) in [5.74, 6) is -0.389. The number of nitrogens with zero attached hydrogens (tertiary/aromatic N) is 2. The number of amides is 2. The predicted molar refractivity (Wildman–Crippen MR) is 195 cm³/mol. The van der Waals surface area contributed by atoms with Gasteiger partial charge in [0, 0.05) is 23.5 Å². The Morgan fingerprint density at radius 3 is 2.15 bits per heavy atom. The lowest BCUT2D eigenvalue weighted by Gasteiger charge is -2.34. The lowest BCUT2D eigenvalue weighted by Crippen LogP contribution is -2.54. The van der Waals surface area contributed by atoms with E-state index >= 15 is 0 Å². The number of anilines is 1. The molecule has 4 rings (SSSR count). The van der Waals surface area contributed by atoms with Crippen molar-refractivity contribution in [3.63, 3.8) is 0 Å². The van der Waals surface area contributed by atoms with Crippen LogP contribution in [0.4, 0.5) is 5.69 Å². The molecule has 8 nitrogen and oxygen atoms in total. The molecule has 2 atom stereocenters. The highest BCUT2D eigenvalue weighted by Crippen LogP contribution is 2.29. The molecular formula is C36H38BrCl2N3O5S. The van der Waals surface area contributed by atoms with Gasteiger partial charge in [0.25, 0.3) is 10.0 Å². The van der Waals surface area contributed by atoms with Crippen LogP contribution in [0.1, 0.15) is 38.3 Å². The second kappa shape index (κ2) is 17.2. The highest BCUT2D eigenvalue weighted by atomic mass is 79.9. The van der Waals surface area contributed by atoms with Crippen LogP contribution < -0.4 is 14.4 Å². The van der Waals surface area contributed by atoms with Crippen molar-refractivity contribution in [3.05, 3.63) is 123 Å². The molecule has 254 valence electrons. The first-order valence-corrected chi connectivity index (χ1v) is 18.5. The van der Waals surface area contributed by atoms with Gasteiger partial charge in [0.05, 0.1) is 27.2 Å². The molecule has 48 heavy (non-hydrogen) atoms. The first kappa shape index (κ1) is 37.3. The molecule has 0 heterocycles. The molecule has 12 heteroatoms. The summed E-state index contributed by atoms with van der Waals surface area (Å²) in [4.78, 5) is 30.0. The molecule has 0 fully saturated rings. The van der Waals surface area contributed by atoms with Crippen molar-refractivity contribution >= 4 is 66.7 Å². The summed E-state index contributed by atoms with van der Waals surface area (Å²) in [7, 11) is -4.25. The summed E-state index contributed by atoms with van der Waals surface area (Å²) in [5, 5.41) is 3.66. The van der Waals surface area contributed by atoms with Gasteiger partial charge in [-0.05, 0) is 92.1 Å². The average molecular weight is 776 g/mol. The molecule has 4 aromatic rings. The monoisotopic (exact) mass is 773 g/mol. The average Bonchev–Trinajstić information content (AvgIpc) is 3.07. The molecule has 0 bridgehead atoms. The molecule has 0 aromatic heterocycles. The van der Waals surface area contributed by atoms with Crippen molar-refractivity contribution in [2.45, 2.75) is 57.1 Å². The Kier molecular flexibility index (Phi) is 13.3. The van der Waals surface area contributed by atoms with E-state index in [9.17, 15) is 18.0 Å². The van der Waals surface area contributed by atoms with Crippen molar-refractivity contribution < 1.29 is 22.7 Å². The highest BCUT2D eigenvalue weighted by molar-refractivity contribution is 9.10. The molecule has 0 aliphatic rings. The van der Waals surface area contributed by atoms with E-state index in [2.05, 4.69) is 21.2 Å². The van der Waals surface area contributed by atoms with Crippen LogP contribution in [0, 0.1) is 0 Å². The van der Waals surface area contributed by atoms with Crippen LogP contribution in [0.25, 0.3) is 0 Å². The van der Waals surface area contributed by atoms with Crippen LogP contribution in [0.3, 0.4) is 0 Å². The van der Waals surface area contributed by atoms with E-state index in [-0.39, 0.29) is 35.5 Å². The maximum Gasteiger partial charge on any atom is 0.264 e. The van der Waals surface area contributed by atoms with Gasteiger partial charge >= 0.3 is 0 Å². The molecule has 2 amide bonds. The van der Waals surface area contributed by atoms with E-state index in [0.717, 1.165) is 9.87 Å². The number of ether oxygens (including phenoxy) is 1. The van der Waals surface area contributed by atoms with E-state index in [1.165, 1.54) is 17.0 Å². The van der Waals surface area contributed by atoms with Gasteiger partial charge in [-0.1, -0.05) is 82.5 Å². The molecule has 0 unspecified atom stereocenters. The third-order valence-electron chi connectivity index (χ3n) is 7.73. The molecule has 0 spiro atoms. The number of nitrogens with one attached hydrogen (secondary N) is 1. The van der Waals surface area contributed by atoms with Gasteiger partial charge in [0.15, 0.2) is 0 Å². The fourth-order valence-corrected chi connectivity index (χ4v) is 6.97. The predicted octanol–water partition coefficient (Wildman–Crippen LogP) is 7.90. The first-order valence-electron chi connectivity index (χ1n) is 15.5. The van der Waals surface area contributed by atoms with E-state index in [4.69, 9.17) is 27.9 Å². The number of carbonyl (C=O) groups excluding carboxylic acids is 2. The summed E-state index contributed by atoms with van der Waals surface area (Å²) in [6.45, 7) is 5.51. The summed E-state index contributed by atoms with van der Waals surface area (Å²) in [6.07, 6.45) is 0.875. The van der Waals surface area contributed by atoms with E-state index in [0.29, 0.717) is 38.9 Å². The van der Waals surface area contributed by atoms with Gasteiger partial charge in [-0.15, -0.1) is 0 Å². The summed E-state index contributed by atoms with van der Waals surface area (Å²) in [5.41, 5.74) is 1.71. The Morgan fingerprint density at radius 2 is 1.54 bits per heavy atom. The van der Waals surface area contributed by atoms with Crippen LogP contribution in [0.2, 0.25) is 10.0 Å². The van der Waals surface area contributed by atoms with Crippen molar-refractivity contribution in [2.75, 3.05) is 17.5 Å². The second-order valence-corrected chi connectivity index (χ2v) is 14.8. The lowest BCUT2D eigenvalue weighted by atomic mass is 10.0. The number of carbonyl (C=O) groups is 2. The number of halogens is 3. The van der Waals surface area contributed by atoms with Crippen molar-refractivity contribution in [1.29, 1.82) is 0 Å². The van der Waals surface area contributed by atoms with Gasteiger partial charge in [-0.25, -0.2) is 8.42 Å². The zero-order valence-corrected chi connectivity index (χ0v) is 30.8. The van der Waals surface area contributed by atoms with Crippen LogP contribution in [-0.4, -0.2) is 50.4 Å². The molecule has 1 N–H and O–H groups in total. The third-order valence-corrected chi connectivity index (χ3v) is 10.8. The van der Waals surface area contributed by atoms with Crippen molar-refractivity contribution in [1.82, 2.24) is 10.2 Å². The Balaban J connectivity index is 1.82. The summed E-state index contributed by atoms with van der Waals surface area (Å²) in [6, 6.07) is 25.9. The van der Waals surface area contributed by atoms with Crippen molar-refractivity contribution in [2.24, 2.45) is 0 Å². The van der Waals surface area contributed by atoms with Crippen LogP contribution in [0.5, 0.6) is 5.75 Å². The number of hydrogen-bond acceptors (Lipinski definition) is 5. The van der Waals surface area contributed by atoms with Crippen LogP contribution in [0.15, 0.2) is 106 Å². The molecule has 0 radical (unpaired) electrons. The number of benzene rings is 4.